The number of nitrogens with zero attached hydrogens (tertiary/aromatic N) is 1. The van der Waals surface area contributed by atoms with Crippen LogP contribution >= 0.6 is 0 Å². The van der Waals surface area contributed by atoms with Gasteiger partial charge in [-0.15, -0.1) is 0 Å². The molecule has 5 nitrogen and oxygen atoms in total. The first kappa shape index (κ1) is 15.0. The molecule has 1 aliphatic heterocycles. The van der Waals surface area contributed by atoms with Gasteiger partial charge in [-0.3, -0.25) is 4.79 Å². The predicted molar refractivity (Wildman–Crippen MR) is 78.1 cm³/mol. The fraction of sp³-hybridized carbons (Fsp3) is 0.500. The van der Waals surface area contributed by atoms with Crippen molar-refractivity contribution in [3.63, 3.8) is 0 Å². The summed E-state index contributed by atoms with van der Waals surface area (Å²) in [7, 11) is -3.47. The standard InChI is InChI=1S/C14H20N2O3S/c1-11(2)15-20(18,19)13-8-6-12(7-9-13)16-10-4-3-5-14(16)17/h6-9,11,15H,3-5,10H2,1-2H3. The molecular weight excluding hydrogens is 276 g/mol. The van der Waals surface area contributed by atoms with Crippen LogP contribution in [0, 0.1) is 0 Å². The monoisotopic (exact) mass is 296 g/mol. The van der Waals surface area contributed by atoms with E-state index in [2.05, 4.69) is 4.72 Å². The third-order valence-corrected chi connectivity index (χ3v) is 4.85. The quantitative estimate of drug-likeness (QED) is 0.922. The van der Waals surface area contributed by atoms with E-state index in [0.717, 1.165) is 18.5 Å². The zero-order valence-electron chi connectivity index (χ0n) is 11.8. The third kappa shape index (κ3) is 3.37. The van der Waals surface area contributed by atoms with Gasteiger partial charge in [-0.1, -0.05) is 0 Å². The van der Waals surface area contributed by atoms with Crippen LogP contribution in [0.25, 0.3) is 0 Å². The number of rotatable bonds is 4. The number of carbonyl (C=O) groups excluding carboxylic acids is 1. The molecule has 0 unspecified atom stereocenters. The van der Waals surface area contributed by atoms with Gasteiger partial charge in [0.15, 0.2) is 0 Å². The van der Waals surface area contributed by atoms with Crippen LogP contribution < -0.4 is 9.62 Å². The largest absolute Gasteiger partial charge is 0.312 e. The summed E-state index contributed by atoms with van der Waals surface area (Å²) in [5.41, 5.74) is 0.762. The zero-order valence-corrected chi connectivity index (χ0v) is 12.6. The average molecular weight is 296 g/mol. The van der Waals surface area contributed by atoms with Gasteiger partial charge >= 0.3 is 0 Å². The number of carbonyl (C=O) groups is 1. The minimum Gasteiger partial charge on any atom is -0.312 e. The van der Waals surface area contributed by atoms with Crippen LogP contribution in [0.5, 0.6) is 0 Å². The van der Waals surface area contributed by atoms with Crippen molar-refractivity contribution in [2.24, 2.45) is 0 Å². The molecule has 0 spiro atoms. The summed E-state index contributed by atoms with van der Waals surface area (Å²) < 4.78 is 26.5. The molecule has 1 aromatic rings. The average Bonchev–Trinajstić information content (AvgIpc) is 2.38. The Balaban J connectivity index is 2.20. The second kappa shape index (κ2) is 5.93. The van der Waals surface area contributed by atoms with Crippen molar-refractivity contribution in [2.45, 2.75) is 44.0 Å². The number of anilines is 1. The molecule has 1 aliphatic rings. The highest BCUT2D eigenvalue weighted by atomic mass is 32.2. The number of hydrogen-bond donors (Lipinski definition) is 1. The Morgan fingerprint density at radius 1 is 1.15 bits per heavy atom. The smallest absolute Gasteiger partial charge is 0.240 e. The molecule has 0 aromatic heterocycles. The highest BCUT2D eigenvalue weighted by Crippen LogP contribution is 2.22. The molecule has 2 rings (SSSR count). The predicted octanol–water partition coefficient (Wildman–Crippen LogP) is 1.89. The molecule has 0 bridgehead atoms. The number of amides is 1. The van der Waals surface area contributed by atoms with E-state index in [-0.39, 0.29) is 16.8 Å². The maximum atomic E-state index is 12.0. The lowest BCUT2D eigenvalue weighted by atomic mass is 10.1. The van der Waals surface area contributed by atoms with Gasteiger partial charge in [-0.25, -0.2) is 13.1 Å². The van der Waals surface area contributed by atoms with Gasteiger partial charge in [0.25, 0.3) is 0 Å². The highest BCUT2D eigenvalue weighted by Gasteiger charge is 2.21. The molecule has 1 heterocycles. The molecular formula is C14H20N2O3S. The Morgan fingerprint density at radius 2 is 1.80 bits per heavy atom. The lowest BCUT2D eigenvalue weighted by Gasteiger charge is -2.26. The van der Waals surface area contributed by atoms with Crippen LogP contribution in [0.1, 0.15) is 33.1 Å². The van der Waals surface area contributed by atoms with Crippen LogP contribution in [0.4, 0.5) is 5.69 Å². The molecule has 1 amide bonds. The van der Waals surface area contributed by atoms with Crippen molar-refractivity contribution in [2.75, 3.05) is 11.4 Å². The van der Waals surface area contributed by atoms with Gasteiger partial charge < -0.3 is 4.90 Å². The van der Waals surface area contributed by atoms with Crippen LogP contribution in [0.15, 0.2) is 29.2 Å². The first-order chi connectivity index (χ1) is 9.40. The minimum atomic E-state index is -3.47. The number of benzene rings is 1. The van der Waals surface area contributed by atoms with Crippen LogP contribution in [0.3, 0.4) is 0 Å². The molecule has 0 saturated carbocycles. The Labute approximate surface area is 120 Å². The molecule has 20 heavy (non-hydrogen) atoms. The van der Waals surface area contributed by atoms with Gasteiger partial charge in [0.1, 0.15) is 0 Å². The summed E-state index contributed by atoms with van der Waals surface area (Å²) >= 11 is 0. The molecule has 0 radical (unpaired) electrons. The second-order valence-corrected chi connectivity index (χ2v) is 6.99. The maximum absolute atomic E-state index is 12.0. The maximum Gasteiger partial charge on any atom is 0.240 e. The van der Waals surface area contributed by atoms with Crippen molar-refractivity contribution < 1.29 is 13.2 Å². The number of nitrogens with one attached hydrogen (secondary N) is 1. The van der Waals surface area contributed by atoms with E-state index in [0.29, 0.717) is 13.0 Å². The molecule has 1 fully saturated rings. The van der Waals surface area contributed by atoms with Crippen molar-refractivity contribution >= 4 is 21.6 Å². The first-order valence-corrected chi connectivity index (χ1v) is 8.31. The SMILES string of the molecule is CC(C)NS(=O)(=O)c1ccc(N2CCCCC2=O)cc1. The Morgan fingerprint density at radius 3 is 2.35 bits per heavy atom. The summed E-state index contributed by atoms with van der Waals surface area (Å²) in [6.07, 6.45) is 2.48. The minimum absolute atomic E-state index is 0.104. The molecule has 0 aliphatic carbocycles. The molecule has 0 atom stereocenters. The third-order valence-electron chi connectivity index (χ3n) is 3.17. The second-order valence-electron chi connectivity index (χ2n) is 5.27. The zero-order chi connectivity index (χ0) is 14.8. The van der Waals surface area contributed by atoms with Crippen LogP contribution in [0.2, 0.25) is 0 Å². The topological polar surface area (TPSA) is 66.5 Å². The molecule has 1 saturated heterocycles. The number of piperidine rings is 1. The van der Waals surface area contributed by atoms with E-state index in [1.54, 1.807) is 43.0 Å². The highest BCUT2D eigenvalue weighted by molar-refractivity contribution is 7.89. The van der Waals surface area contributed by atoms with E-state index in [1.165, 1.54) is 0 Å². The van der Waals surface area contributed by atoms with Crippen molar-refractivity contribution in [3.05, 3.63) is 24.3 Å². The molecule has 6 heteroatoms. The van der Waals surface area contributed by atoms with E-state index in [1.807, 2.05) is 0 Å². The van der Waals surface area contributed by atoms with Gasteiger partial charge in [0.2, 0.25) is 15.9 Å². The Hall–Kier alpha value is -1.40. The van der Waals surface area contributed by atoms with Crippen molar-refractivity contribution in [1.29, 1.82) is 0 Å². The van der Waals surface area contributed by atoms with Gasteiger partial charge in [-0.05, 0) is 51.0 Å². The van der Waals surface area contributed by atoms with Gasteiger partial charge in [0.05, 0.1) is 4.90 Å². The number of hydrogen-bond acceptors (Lipinski definition) is 3. The van der Waals surface area contributed by atoms with E-state index < -0.39 is 10.0 Å². The summed E-state index contributed by atoms with van der Waals surface area (Å²) in [6, 6.07) is 6.32. The Kier molecular flexibility index (Phi) is 4.45. The number of sulfonamides is 1. The van der Waals surface area contributed by atoms with E-state index >= 15 is 0 Å². The summed E-state index contributed by atoms with van der Waals surface area (Å²) in [5.74, 6) is 0.104. The molecule has 1 N–H and O–H groups in total. The first-order valence-electron chi connectivity index (χ1n) is 6.83. The summed E-state index contributed by atoms with van der Waals surface area (Å²) in [5, 5.41) is 0. The fourth-order valence-electron chi connectivity index (χ4n) is 2.26. The van der Waals surface area contributed by atoms with Crippen LogP contribution in [-0.2, 0) is 14.8 Å². The molecule has 1 aromatic carbocycles. The van der Waals surface area contributed by atoms with Gasteiger partial charge in [0, 0.05) is 24.7 Å². The summed E-state index contributed by atoms with van der Waals surface area (Å²) in [6.45, 7) is 4.26. The molecule has 110 valence electrons. The van der Waals surface area contributed by atoms with E-state index in [9.17, 15) is 13.2 Å². The van der Waals surface area contributed by atoms with Crippen LogP contribution in [-0.4, -0.2) is 26.9 Å². The fourth-order valence-corrected chi connectivity index (χ4v) is 3.51. The van der Waals surface area contributed by atoms with Crippen molar-refractivity contribution in [3.8, 4) is 0 Å². The normalized spacial score (nSPS) is 16.8. The van der Waals surface area contributed by atoms with E-state index in [4.69, 9.17) is 0 Å². The van der Waals surface area contributed by atoms with Crippen molar-refractivity contribution in [1.82, 2.24) is 4.72 Å². The lowest BCUT2D eigenvalue weighted by molar-refractivity contribution is -0.119. The lowest BCUT2D eigenvalue weighted by Crippen LogP contribution is -2.35. The summed E-state index contributed by atoms with van der Waals surface area (Å²) in [4.78, 5) is 13.8. The van der Waals surface area contributed by atoms with Gasteiger partial charge in [-0.2, -0.15) is 0 Å². The Bertz CT molecular complexity index is 579.